The predicted molar refractivity (Wildman–Crippen MR) is 81.6 cm³/mol. The van der Waals surface area contributed by atoms with E-state index in [1.165, 1.54) is 11.1 Å². The van der Waals surface area contributed by atoms with Crippen molar-refractivity contribution in [2.75, 3.05) is 6.61 Å². The molecule has 0 spiro atoms. The summed E-state index contributed by atoms with van der Waals surface area (Å²) in [6.45, 7) is 3.04. The molecule has 0 amide bonds. The average molecular weight is 281 g/mol. The highest BCUT2D eigenvalue weighted by Crippen LogP contribution is 2.44. The highest BCUT2D eigenvalue weighted by atomic mass is 16.5. The molecule has 21 heavy (non-hydrogen) atoms. The number of hydrogen-bond acceptors (Lipinski definition) is 3. The van der Waals surface area contributed by atoms with E-state index in [1.54, 1.807) is 0 Å². The summed E-state index contributed by atoms with van der Waals surface area (Å²) in [6, 6.07) is 20.3. The van der Waals surface area contributed by atoms with Gasteiger partial charge in [-0.05, 0) is 18.1 Å². The van der Waals surface area contributed by atoms with Crippen LogP contribution in [0.1, 0.15) is 24.1 Å². The topological polar surface area (TPSA) is 29.3 Å². The minimum Gasteiger partial charge on any atom is -0.465 e. The minimum atomic E-state index is -0.160. The Bertz CT molecular complexity index is 597. The molecule has 1 unspecified atom stereocenters. The number of esters is 1. The maximum absolute atomic E-state index is 12.1. The molecule has 2 aromatic carbocycles. The van der Waals surface area contributed by atoms with Gasteiger partial charge >= 0.3 is 5.97 Å². The first-order chi connectivity index (χ1) is 10.3. The van der Waals surface area contributed by atoms with E-state index in [4.69, 9.17) is 4.74 Å². The van der Waals surface area contributed by atoms with Crippen LogP contribution >= 0.6 is 0 Å². The van der Waals surface area contributed by atoms with Crippen LogP contribution in [0.3, 0.4) is 0 Å². The van der Waals surface area contributed by atoms with Crippen molar-refractivity contribution in [1.82, 2.24) is 4.90 Å². The highest BCUT2D eigenvalue weighted by Gasteiger charge is 2.53. The first kappa shape index (κ1) is 13.8. The van der Waals surface area contributed by atoms with E-state index >= 15 is 0 Å². The summed E-state index contributed by atoms with van der Waals surface area (Å²) in [5.74, 6) is -0.123. The fourth-order valence-electron chi connectivity index (χ4n) is 2.78. The molecule has 3 heteroatoms. The van der Waals surface area contributed by atoms with Crippen molar-refractivity contribution in [2.45, 2.75) is 25.6 Å². The molecule has 2 aromatic rings. The van der Waals surface area contributed by atoms with Crippen LogP contribution in [0.25, 0.3) is 0 Å². The van der Waals surface area contributed by atoms with Crippen LogP contribution in [0, 0.1) is 0 Å². The normalized spacial score (nSPS) is 23.6. The van der Waals surface area contributed by atoms with Crippen molar-refractivity contribution < 1.29 is 9.53 Å². The van der Waals surface area contributed by atoms with Crippen LogP contribution in [-0.4, -0.2) is 23.5 Å². The number of carbonyl (C=O) groups excluding carboxylic acids is 1. The van der Waals surface area contributed by atoms with Gasteiger partial charge in [0, 0.05) is 6.54 Å². The third kappa shape index (κ3) is 2.98. The lowest BCUT2D eigenvalue weighted by atomic mass is 10.1. The maximum Gasteiger partial charge on any atom is 0.325 e. The van der Waals surface area contributed by atoms with Gasteiger partial charge in [0.15, 0.2) is 0 Å². The summed E-state index contributed by atoms with van der Waals surface area (Å²) in [6.07, 6.45) is 0. The Labute approximate surface area is 125 Å². The third-order valence-corrected chi connectivity index (χ3v) is 3.80. The number of hydrogen-bond donors (Lipinski definition) is 0. The maximum atomic E-state index is 12.1. The summed E-state index contributed by atoms with van der Waals surface area (Å²) >= 11 is 0. The average Bonchev–Trinajstić information content (AvgIpc) is 3.23. The van der Waals surface area contributed by atoms with Gasteiger partial charge in [0.2, 0.25) is 0 Å². The molecule has 1 saturated heterocycles. The van der Waals surface area contributed by atoms with Crippen molar-refractivity contribution in [2.24, 2.45) is 0 Å². The summed E-state index contributed by atoms with van der Waals surface area (Å²) in [5.41, 5.74) is 2.39. The molecule has 0 aromatic heterocycles. The number of rotatable bonds is 5. The van der Waals surface area contributed by atoms with E-state index in [0.717, 1.165) is 6.54 Å². The molecule has 3 nitrogen and oxygen atoms in total. The fourth-order valence-corrected chi connectivity index (χ4v) is 2.78. The van der Waals surface area contributed by atoms with E-state index < -0.39 is 0 Å². The Balaban J connectivity index is 1.78. The van der Waals surface area contributed by atoms with E-state index in [1.807, 2.05) is 43.3 Å². The molecule has 0 aliphatic carbocycles. The molecule has 0 N–H and O–H groups in total. The second-order valence-electron chi connectivity index (χ2n) is 5.21. The molecule has 3 rings (SSSR count). The second-order valence-corrected chi connectivity index (χ2v) is 5.21. The van der Waals surface area contributed by atoms with Gasteiger partial charge in [-0.1, -0.05) is 60.7 Å². The smallest absolute Gasteiger partial charge is 0.325 e. The molecule has 0 bridgehead atoms. The first-order valence-electron chi connectivity index (χ1n) is 7.32. The van der Waals surface area contributed by atoms with Crippen LogP contribution in [-0.2, 0) is 16.1 Å². The van der Waals surface area contributed by atoms with Gasteiger partial charge < -0.3 is 4.74 Å². The Hall–Kier alpha value is -2.13. The Morgan fingerprint density at radius 3 is 2.29 bits per heavy atom. The van der Waals surface area contributed by atoms with Crippen LogP contribution in [0.2, 0.25) is 0 Å². The van der Waals surface area contributed by atoms with Crippen LogP contribution in [0.15, 0.2) is 60.7 Å². The van der Waals surface area contributed by atoms with Gasteiger partial charge in [-0.3, -0.25) is 9.69 Å². The molecular formula is C18H19NO2. The van der Waals surface area contributed by atoms with E-state index in [0.29, 0.717) is 6.61 Å². The molecule has 0 saturated carbocycles. The van der Waals surface area contributed by atoms with Gasteiger partial charge in [-0.2, -0.15) is 0 Å². The number of benzene rings is 2. The van der Waals surface area contributed by atoms with Crippen molar-refractivity contribution in [3.8, 4) is 0 Å². The zero-order valence-corrected chi connectivity index (χ0v) is 12.1. The zero-order valence-electron chi connectivity index (χ0n) is 12.1. The van der Waals surface area contributed by atoms with Gasteiger partial charge in [0.25, 0.3) is 0 Å². The van der Waals surface area contributed by atoms with Crippen LogP contribution in [0.4, 0.5) is 0 Å². The Kier molecular flexibility index (Phi) is 4.02. The molecule has 3 atom stereocenters. The van der Waals surface area contributed by atoms with Crippen molar-refractivity contribution in [3.63, 3.8) is 0 Å². The first-order valence-corrected chi connectivity index (χ1v) is 7.32. The van der Waals surface area contributed by atoms with Crippen molar-refractivity contribution in [1.29, 1.82) is 0 Å². The van der Waals surface area contributed by atoms with Crippen molar-refractivity contribution in [3.05, 3.63) is 71.8 Å². The largest absolute Gasteiger partial charge is 0.465 e. The van der Waals surface area contributed by atoms with Gasteiger partial charge in [0.05, 0.1) is 12.6 Å². The lowest BCUT2D eigenvalue weighted by molar-refractivity contribution is -0.143. The summed E-state index contributed by atoms with van der Waals surface area (Å²) in [7, 11) is 0. The SMILES string of the molecule is CCOC(=O)[C@@H]1[C@H](c2ccccc2)N1Cc1ccccc1. The van der Waals surface area contributed by atoms with E-state index in [-0.39, 0.29) is 18.1 Å². The monoisotopic (exact) mass is 281 g/mol. The number of carbonyl (C=O) groups is 1. The third-order valence-electron chi connectivity index (χ3n) is 3.80. The summed E-state index contributed by atoms with van der Waals surface area (Å²) in [4.78, 5) is 14.3. The molecule has 1 fully saturated rings. The summed E-state index contributed by atoms with van der Waals surface area (Å²) < 4.78 is 5.20. The van der Waals surface area contributed by atoms with Gasteiger partial charge in [0.1, 0.15) is 6.04 Å². The quantitative estimate of drug-likeness (QED) is 0.622. The van der Waals surface area contributed by atoms with E-state index in [9.17, 15) is 4.79 Å². The standard InChI is InChI=1S/C18H19NO2/c1-2-21-18(20)17-16(15-11-7-4-8-12-15)19(17)13-14-9-5-3-6-10-14/h3-12,16-17H,2,13H2,1H3/t16-,17-,19?/m0/s1. The lowest BCUT2D eigenvalue weighted by Gasteiger charge is -2.04. The summed E-state index contributed by atoms with van der Waals surface area (Å²) in [5, 5.41) is 0. The molecule has 0 radical (unpaired) electrons. The number of nitrogens with zero attached hydrogens (tertiary/aromatic N) is 1. The molecular weight excluding hydrogens is 262 g/mol. The van der Waals surface area contributed by atoms with E-state index in [2.05, 4.69) is 29.2 Å². The van der Waals surface area contributed by atoms with Gasteiger partial charge in [-0.25, -0.2) is 0 Å². The Morgan fingerprint density at radius 2 is 1.67 bits per heavy atom. The molecule has 1 aliphatic heterocycles. The van der Waals surface area contributed by atoms with Crippen LogP contribution in [0.5, 0.6) is 0 Å². The minimum absolute atomic E-state index is 0.123. The molecule has 1 aliphatic rings. The van der Waals surface area contributed by atoms with Gasteiger partial charge in [-0.15, -0.1) is 0 Å². The molecule has 108 valence electrons. The fraction of sp³-hybridized carbons (Fsp3) is 0.278. The predicted octanol–water partition coefficient (Wildman–Crippen LogP) is 3.18. The van der Waals surface area contributed by atoms with Crippen molar-refractivity contribution >= 4 is 5.97 Å². The highest BCUT2D eigenvalue weighted by molar-refractivity contribution is 5.80. The Morgan fingerprint density at radius 1 is 1.05 bits per heavy atom. The number of ether oxygens (including phenoxy) is 1. The second kappa shape index (κ2) is 6.10. The zero-order chi connectivity index (χ0) is 14.7. The lowest BCUT2D eigenvalue weighted by Crippen LogP contribution is -2.16. The van der Waals surface area contributed by atoms with Crippen LogP contribution < -0.4 is 0 Å². The molecule has 1 heterocycles.